The Morgan fingerprint density at radius 1 is 1.29 bits per heavy atom. The summed E-state index contributed by atoms with van der Waals surface area (Å²) in [6.07, 6.45) is 3.38. The lowest BCUT2D eigenvalue weighted by molar-refractivity contribution is 0.317. The Kier molecular flexibility index (Phi) is 5.77. The van der Waals surface area contributed by atoms with Crippen LogP contribution in [0.3, 0.4) is 0 Å². The van der Waals surface area contributed by atoms with Crippen molar-refractivity contribution in [3.8, 4) is 11.8 Å². The number of benzene rings is 1. The fraction of sp³-hybridized carbons (Fsp3) is 0.294. The Hall–Kier alpha value is -2.59. The van der Waals surface area contributed by atoms with Gasteiger partial charge in [0.25, 0.3) is 5.56 Å². The number of nitriles is 1. The first kappa shape index (κ1) is 17.8. The van der Waals surface area contributed by atoms with Crippen molar-refractivity contribution in [2.24, 2.45) is 0 Å². The van der Waals surface area contributed by atoms with Gasteiger partial charge in [-0.1, -0.05) is 12.1 Å². The Balaban J connectivity index is 2.03. The Bertz CT molecular complexity index is 911. The predicted octanol–water partition coefficient (Wildman–Crippen LogP) is 1.65. The first-order chi connectivity index (χ1) is 11.4. The van der Waals surface area contributed by atoms with Gasteiger partial charge >= 0.3 is 0 Å². The molecular weight excluding hydrogens is 328 g/mol. The Morgan fingerprint density at radius 3 is 2.79 bits per heavy atom. The van der Waals surface area contributed by atoms with Crippen LogP contribution in [0.2, 0.25) is 0 Å². The van der Waals surface area contributed by atoms with Crippen LogP contribution >= 0.6 is 0 Å². The third-order valence-electron chi connectivity index (χ3n) is 3.33. The topological polar surface area (TPSA) is 100 Å². The summed E-state index contributed by atoms with van der Waals surface area (Å²) in [5.41, 5.74) is 1.55. The zero-order valence-electron chi connectivity index (χ0n) is 13.3. The van der Waals surface area contributed by atoms with E-state index in [0.717, 1.165) is 5.56 Å². The normalized spacial score (nSPS) is 11.0. The highest BCUT2D eigenvalue weighted by molar-refractivity contribution is 7.90. The molecule has 2 aromatic rings. The molecule has 0 saturated carbocycles. The number of rotatable bonds is 7. The molecule has 0 unspecified atom stereocenters. The lowest BCUT2D eigenvalue weighted by atomic mass is 10.1. The van der Waals surface area contributed by atoms with Gasteiger partial charge in [-0.05, 0) is 30.2 Å². The van der Waals surface area contributed by atoms with Crippen molar-refractivity contribution in [1.29, 1.82) is 5.26 Å². The van der Waals surface area contributed by atoms with Crippen molar-refractivity contribution in [1.82, 2.24) is 4.98 Å². The van der Waals surface area contributed by atoms with Crippen LogP contribution in [0.5, 0.6) is 5.75 Å². The molecule has 0 saturated heterocycles. The average molecular weight is 346 g/mol. The van der Waals surface area contributed by atoms with E-state index >= 15 is 0 Å². The Labute approximate surface area is 140 Å². The molecule has 24 heavy (non-hydrogen) atoms. The third-order valence-corrected chi connectivity index (χ3v) is 4.36. The zero-order chi connectivity index (χ0) is 17.6. The monoisotopic (exact) mass is 346 g/mol. The highest BCUT2D eigenvalue weighted by atomic mass is 32.2. The average Bonchev–Trinajstić information content (AvgIpc) is 2.53. The number of pyridine rings is 1. The number of sulfone groups is 1. The van der Waals surface area contributed by atoms with E-state index in [9.17, 15) is 13.2 Å². The summed E-state index contributed by atoms with van der Waals surface area (Å²) >= 11 is 0. The second-order valence-electron chi connectivity index (χ2n) is 5.51. The van der Waals surface area contributed by atoms with Gasteiger partial charge in [0, 0.05) is 24.4 Å². The van der Waals surface area contributed by atoms with Gasteiger partial charge in [0.1, 0.15) is 21.7 Å². The van der Waals surface area contributed by atoms with E-state index in [1.54, 1.807) is 18.2 Å². The number of aromatic nitrogens is 1. The molecule has 0 bridgehead atoms. The molecule has 0 aliphatic heterocycles. The van der Waals surface area contributed by atoms with E-state index in [-0.39, 0.29) is 11.3 Å². The lowest BCUT2D eigenvalue weighted by Crippen LogP contribution is -2.12. The number of aromatic amines is 1. The molecule has 0 spiro atoms. The number of H-pyrrole nitrogens is 1. The summed E-state index contributed by atoms with van der Waals surface area (Å²) in [4.78, 5) is 14.4. The maximum atomic E-state index is 11.8. The van der Waals surface area contributed by atoms with Crippen molar-refractivity contribution < 1.29 is 13.2 Å². The number of hydrogen-bond donors (Lipinski definition) is 1. The van der Waals surface area contributed by atoms with Crippen LogP contribution in [0.25, 0.3) is 0 Å². The SMILES string of the molecule is CS(=O)(=O)CCCOc1cccc(Cc2cc(C#N)c[nH]c2=O)c1. The summed E-state index contributed by atoms with van der Waals surface area (Å²) in [5, 5.41) is 8.91. The summed E-state index contributed by atoms with van der Waals surface area (Å²) in [5.74, 6) is 0.706. The number of ether oxygens (including phenoxy) is 1. The summed E-state index contributed by atoms with van der Waals surface area (Å²) < 4.78 is 27.7. The van der Waals surface area contributed by atoms with Gasteiger partial charge in [0.2, 0.25) is 0 Å². The second kappa shape index (κ2) is 7.79. The molecule has 0 aliphatic carbocycles. The first-order valence-corrected chi connectivity index (χ1v) is 9.44. The molecule has 0 fully saturated rings. The van der Waals surface area contributed by atoms with Gasteiger partial charge in [-0.2, -0.15) is 5.26 Å². The molecule has 1 N–H and O–H groups in total. The van der Waals surface area contributed by atoms with E-state index in [1.807, 2.05) is 18.2 Å². The molecular formula is C17H18N2O4S. The summed E-state index contributed by atoms with van der Waals surface area (Å²) in [7, 11) is -2.98. The van der Waals surface area contributed by atoms with Crippen LogP contribution in [0, 0.1) is 11.3 Å². The third kappa shape index (κ3) is 5.56. The summed E-state index contributed by atoms with van der Waals surface area (Å²) in [6, 6.07) is 10.8. The van der Waals surface area contributed by atoms with Crippen LogP contribution in [0.15, 0.2) is 41.3 Å². The van der Waals surface area contributed by atoms with Gasteiger partial charge < -0.3 is 9.72 Å². The molecule has 6 nitrogen and oxygen atoms in total. The van der Waals surface area contributed by atoms with Crippen LogP contribution < -0.4 is 10.3 Å². The van der Waals surface area contributed by atoms with Gasteiger partial charge in [-0.25, -0.2) is 8.42 Å². The second-order valence-corrected chi connectivity index (χ2v) is 7.77. The minimum absolute atomic E-state index is 0.0863. The maximum absolute atomic E-state index is 11.8. The van der Waals surface area contributed by atoms with Crippen molar-refractivity contribution in [2.45, 2.75) is 12.8 Å². The van der Waals surface area contributed by atoms with Gasteiger partial charge in [-0.15, -0.1) is 0 Å². The van der Waals surface area contributed by atoms with Crippen LogP contribution in [0.1, 0.15) is 23.1 Å². The number of nitrogens with one attached hydrogen (secondary N) is 1. The smallest absolute Gasteiger partial charge is 0.251 e. The standard InChI is InChI=1S/C17H18N2O4S/c1-24(21,22)7-3-6-23-16-5-2-4-13(10-16)8-15-9-14(11-18)12-19-17(15)20/h2,4-5,9-10,12H,3,6-8H2,1H3,(H,19,20). The lowest BCUT2D eigenvalue weighted by Gasteiger charge is -2.08. The van der Waals surface area contributed by atoms with Gasteiger partial charge in [-0.3, -0.25) is 4.79 Å². The van der Waals surface area contributed by atoms with E-state index in [0.29, 0.717) is 36.3 Å². The van der Waals surface area contributed by atoms with Crippen LogP contribution in [0.4, 0.5) is 0 Å². The van der Waals surface area contributed by atoms with Gasteiger partial charge in [0.05, 0.1) is 17.9 Å². The fourth-order valence-electron chi connectivity index (χ4n) is 2.20. The summed E-state index contributed by atoms with van der Waals surface area (Å²) in [6.45, 7) is 0.307. The first-order valence-electron chi connectivity index (χ1n) is 7.38. The molecule has 0 atom stereocenters. The number of hydrogen-bond acceptors (Lipinski definition) is 5. The molecule has 1 heterocycles. The Morgan fingerprint density at radius 2 is 2.08 bits per heavy atom. The van der Waals surface area contributed by atoms with Crippen molar-refractivity contribution in [2.75, 3.05) is 18.6 Å². The highest BCUT2D eigenvalue weighted by Crippen LogP contribution is 2.16. The minimum Gasteiger partial charge on any atom is -0.494 e. The predicted molar refractivity (Wildman–Crippen MR) is 90.8 cm³/mol. The molecule has 0 amide bonds. The van der Waals surface area contributed by atoms with Crippen molar-refractivity contribution >= 4 is 9.84 Å². The minimum atomic E-state index is -2.98. The van der Waals surface area contributed by atoms with E-state index in [1.165, 1.54) is 12.5 Å². The number of nitrogens with zero attached hydrogens (tertiary/aromatic N) is 1. The van der Waals surface area contributed by atoms with E-state index < -0.39 is 9.84 Å². The quantitative estimate of drug-likeness (QED) is 0.768. The van der Waals surface area contributed by atoms with Gasteiger partial charge in [0.15, 0.2) is 0 Å². The molecule has 2 rings (SSSR count). The van der Waals surface area contributed by atoms with E-state index in [4.69, 9.17) is 10.00 Å². The molecule has 126 valence electrons. The van der Waals surface area contributed by atoms with Crippen LogP contribution in [-0.2, 0) is 16.3 Å². The molecule has 1 aromatic carbocycles. The van der Waals surface area contributed by atoms with Crippen molar-refractivity contribution in [3.63, 3.8) is 0 Å². The van der Waals surface area contributed by atoms with Crippen LogP contribution in [-0.4, -0.2) is 32.0 Å². The molecule has 0 radical (unpaired) electrons. The zero-order valence-corrected chi connectivity index (χ0v) is 14.1. The largest absolute Gasteiger partial charge is 0.494 e. The maximum Gasteiger partial charge on any atom is 0.251 e. The molecule has 1 aromatic heterocycles. The highest BCUT2D eigenvalue weighted by Gasteiger charge is 2.06. The van der Waals surface area contributed by atoms with Crippen molar-refractivity contribution in [3.05, 3.63) is 63.6 Å². The molecule has 7 heteroatoms. The van der Waals surface area contributed by atoms with E-state index in [2.05, 4.69) is 4.98 Å². The fourth-order valence-corrected chi connectivity index (χ4v) is 2.85. The molecule has 0 aliphatic rings.